The SMILES string of the molecule is COc1cc(/C=N/NC(=O)c2ccc(OCc3cc(OC)c(OC)c(OC)c3)cc2)cc(OC)c1OC. The zero-order valence-corrected chi connectivity index (χ0v) is 21.6. The second kappa shape index (κ2) is 12.9. The quantitative estimate of drug-likeness (QED) is 0.287. The van der Waals surface area contributed by atoms with Gasteiger partial charge in [0.2, 0.25) is 11.5 Å². The van der Waals surface area contributed by atoms with Gasteiger partial charge in [0.25, 0.3) is 5.91 Å². The number of carbonyl (C=O) groups is 1. The summed E-state index contributed by atoms with van der Waals surface area (Å²) in [6, 6.07) is 13.8. The fourth-order valence-corrected chi connectivity index (χ4v) is 3.49. The minimum Gasteiger partial charge on any atom is -0.493 e. The van der Waals surface area contributed by atoms with E-state index in [4.69, 9.17) is 33.2 Å². The van der Waals surface area contributed by atoms with Crippen LogP contribution in [0.3, 0.4) is 0 Å². The van der Waals surface area contributed by atoms with Crippen LogP contribution in [0.4, 0.5) is 0 Å². The maximum atomic E-state index is 12.5. The van der Waals surface area contributed by atoms with Crippen molar-refractivity contribution in [3.63, 3.8) is 0 Å². The van der Waals surface area contributed by atoms with E-state index in [9.17, 15) is 4.79 Å². The minimum absolute atomic E-state index is 0.265. The largest absolute Gasteiger partial charge is 0.493 e. The van der Waals surface area contributed by atoms with Crippen LogP contribution in [0.2, 0.25) is 0 Å². The fourth-order valence-electron chi connectivity index (χ4n) is 3.49. The predicted octanol–water partition coefficient (Wildman–Crippen LogP) is 4.08. The Balaban J connectivity index is 1.62. The normalized spacial score (nSPS) is 10.5. The monoisotopic (exact) mass is 510 g/mol. The van der Waals surface area contributed by atoms with Crippen molar-refractivity contribution < 1.29 is 38.0 Å². The van der Waals surface area contributed by atoms with Crippen LogP contribution < -0.4 is 38.6 Å². The second-order valence-electron chi connectivity index (χ2n) is 7.50. The maximum absolute atomic E-state index is 12.5. The minimum atomic E-state index is -0.375. The van der Waals surface area contributed by atoms with E-state index < -0.39 is 0 Å². The number of nitrogens with one attached hydrogen (secondary N) is 1. The molecule has 0 radical (unpaired) electrons. The van der Waals surface area contributed by atoms with E-state index in [1.807, 2.05) is 12.1 Å². The van der Waals surface area contributed by atoms with E-state index in [1.54, 1.807) is 57.7 Å². The van der Waals surface area contributed by atoms with Crippen LogP contribution in [0, 0.1) is 0 Å². The summed E-state index contributed by atoms with van der Waals surface area (Å²) in [7, 11) is 9.24. The molecule has 0 unspecified atom stereocenters. The van der Waals surface area contributed by atoms with Crippen LogP contribution in [-0.4, -0.2) is 54.8 Å². The van der Waals surface area contributed by atoms with E-state index in [2.05, 4.69) is 10.5 Å². The molecular formula is C27H30N2O8. The Morgan fingerprint density at radius 2 is 1.22 bits per heavy atom. The summed E-state index contributed by atoms with van der Waals surface area (Å²) in [6.45, 7) is 0.265. The Labute approximate surface area is 215 Å². The number of rotatable bonds is 12. The summed E-state index contributed by atoms with van der Waals surface area (Å²) in [4.78, 5) is 12.5. The number of hydrazone groups is 1. The highest BCUT2D eigenvalue weighted by Gasteiger charge is 2.14. The van der Waals surface area contributed by atoms with Gasteiger partial charge in [0.15, 0.2) is 23.0 Å². The van der Waals surface area contributed by atoms with E-state index >= 15 is 0 Å². The molecule has 0 bridgehead atoms. The molecule has 0 aliphatic rings. The summed E-state index contributed by atoms with van der Waals surface area (Å²) >= 11 is 0. The van der Waals surface area contributed by atoms with Crippen LogP contribution in [-0.2, 0) is 6.61 Å². The molecule has 0 atom stereocenters. The first-order valence-electron chi connectivity index (χ1n) is 11.1. The first kappa shape index (κ1) is 27.0. The lowest BCUT2D eigenvalue weighted by Gasteiger charge is -2.14. The van der Waals surface area contributed by atoms with Crippen molar-refractivity contribution in [1.29, 1.82) is 0 Å². The highest BCUT2D eigenvalue weighted by molar-refractivity contribution is 5.95. The van der Waals surface area contributed by atoms with Gasteiger partial charge in [-0.05, 0) is 54.1 Å². The summed E-state index contributed by atoms with van der Waals surface area (Å²) in [5.74, 6) is 3.24. The van der Waals surface area contributed by atoms with Crippen molar-refractivity contribution in [2.45, 2.75) is 6.61 Å². The van der Waals surface area contributed by atoms with Gasteiger partial charge in [-0.15, -0.1) is 0 Å². The van der Waals surface area contributed by atoms with Gasteiger partial charge in [0.1, 0.15) is 12.4 Å². The molecule has 0 aromatic heterocycles. The van der Waals surface area contributed by atoms with Gasteiger partial charge in [-0.3, -0.25) is 4.79 Å². The molecule has 0 saturated heterocycles. The lowest BCUT2D eigenvalue weighted by molar-refractivity contribution is 0.0955. The van der Waals surface area contributed by atoms with Crippen LogP contribution in [0.25, 0.3) is 0 Å². The molecule has 10 heteroatoms. The van der Waals surface area contributed by atoms with Gasteiger partial charge in [-0.2, -0.15) is 5.10 Å². The molecule has 0 aliphatic carbocycles. The summed E-state index contributed by atoms with van der Waals surface area (Å²) < 4.78 is 37.9. The number of ether oxygens (including phenoxy) is 7. The standard InChI is InChI=1S/C27H30N2O8/c1-31-21-11-17(12-22(32-2)25(21)35-5)15-28-29-27(30)19-7-9-20(10-8-19)37-16-18-13-23(33-3)26(36-6)24(14-18)34-4/h7-15H,16H2,1-6H3,(H,29,30)/b28-15+. The fraction of sp³-hybridized carbons (Fsp3) is 0.259. The highest BCUT2D eigenvalue weighted by atomic mass is 16.5. The number of hydrogen-bond acceptors (Lipinski definition) is 9. The molecule has 10 nitrogen and oxygen atoms in total. The number of benzene rings is 3. The smallest absolute Gasteiger partial charge is 0.271 e. The van der Waals surface area contributed by atoms with Crippen LogP contribution in [0.1, 0.15) is 21.5 Å². The van der Waals surface area contributed by atoms with Crippen molar-refractivity contribution in [2.75, 3.05) is 42.7 Å². The molecule has 0 spiro atoms. The lowest BCUT2D eigenvalue weighted by Crippen LogP contribution is -2.17. The Kier molecular flexibility index (Phi) is 9.42. The topological polar surface area (TPSA) is 106 Å². The van der Waals surface area contributed by atoms with Gasteiger partial charge in [0, 0.05) is 11.1 Å². The number of amides is 1. The molecule has 0 fully saturated rings. The van der Waals surface area contributed by atoms with E-state index in [0.717, 1.165) is 5.56 Å². The number of hydrogen-bond donors (Lipinski definition) is 1. The van der Waals surface area contributed by atoms with Gasteiger partial charge in [-0.1, -0.05) is 0 Å². The van der Waals surface area contributed by atoms with Gasteiger partial charge < -0.3 is 33.2 Å². The molecule has 3 rings (SSSR count). The molecule has 0 saturated carbocycles. The zero-order chi connectivity index (χ0) is 26.8. The van der Waals surface area contributed by atoms with Gasteiger partial charge >= 0.3 is 0 Å². The van der Waals surface area contributed by atoms with Crippen LogP contribution in [0.15, 0.2) is 53.6 Å². The molecule has 1 N–H and O–H groups in total. The van der Waals surface area contributed by atoms with Crippen molar-refractivity contribution in [2.24, 2.45) is 5.10 Å². The van der Waals surface area contributed by atoms with Crippen LogP contribution in [0.5, 0.6) is 40.2 Å². The molecule has 196 valence electrons. The summed E-state index contributed by atoms with van der Waals surface area (Å²) in [5, 5.41) is 4.03. The van der Waals surface area contributed by atoms with E-state index in [1.165, 1.54) is 27.5 Å². The third-order valence-electron chi connectivity index (χ3n) is 5.31. The first-order chi connectivity index (χ1) is 18.0. The molecule has 1 amide bonds. The van der Waals surface area contributed by atoms with Crippen molar-refractivity contribution >= 4 is 12.1 Å². The van der Waals surface area contributed by atoms with Gasteiger partial charge in [-0.25, -0.2) is 5.43 Å². The predicted molar refractivity (Wildman–Crippen MR) is 138 cm³/mol. The average molecular weight is 511 g/mol. The lowest BCUT2D eigenvalue weighted by atomic mass is 10.2. The first-order valence-corrected chi connectivity index (χ1v) is 11.1. The Hall–Kier alpha value is -4.60. The summed E-state index contributed by atoms with van der Waals surface area (Å²) in [6.07, 6.45) is 1.48. The number of nitrogens with zero attached hydrogens (tertiary/aromatic N) is 1. The zero-order valence-electron chi connectivity index (χ0n) is 21.6. The number of methoxy groups -OCH3 is 6. The van der Waals surface area contributed by atoms with Crippen molar-refractivity contribution in [3.8, 4) is 40.2 Å². The van der Waals surface area contributed by atoms with E-state index in [0.29, 0.717) is 51.4 Å². The maximum Gasteiger partial charge on any atom is 0.271 e. The average Bonchev–Trinajstić information content (AvgIpc) is 2.94. The van der Waals surface area contributed by atoms with Gasteiger partial charge in [0.05, 0.1) is 48.9 Å². The third-order valence-corrected chi connectivity index (χ3v) is 5.31. The second-order valence-corrected chi connectivity index (χ2v) is 7.50. The molecule has 0 aliphatic heterocycles. The molecular weight excluding hydrogens is 480 g/mol. The van der Waals surface area contributed by atoms with Crippen LogP contribution >= 0.6 is 0 Å². The Morgan fingerprint density at radius 1 is 0.730 bits per heavy atom. The van der Waals surface area contributed by atoms with E-state index in [-0.39, 0.29) is 12.5 Å². The third kappa shape index (κ3) is 6.54. The Bertz CT molecular complexity index is 1190. The summed E-state index contributed by atoms with van der Waals surface area (Å²) in [5.41, 5.74) is 4.41. The molecule has 37 heavy (non-hydrogen) atoms. The van der Waals surface area contributed by atoms with Crippen molar-refractivity contribution in [1.82, 2.24) is 5.43 Å². The molecule has 3 aromatic rings. The Morgan fingerprint density at radius 3 is 1.68 bits per heavy atom. The highest BCUT2D eigenvalue weighted by Crippen LogP contribution is 2.39. The molecule has 0 heterocycles. The molecule has 3 aromatic carbocycles. The van der Waals surface area contributed by atoms with Crippen molar-refractivity contribution in [3.05, 3.63) is 65.2 Å². The number of carbonyl (C=O) groups excluding carboxylic acids is 1.